The second-order valence-electron chi connectivity index (χ2n) is 2.94. The number of hydrogen-bond acceptors (Lipinski definition) is 1. The van der Waals surface area contributed by atoms with E-state index >= 15 is 0 Å². The van der Waals surface area contributed by atoms with Crippen molar-refractivity contribution in [3.05, 3.63) is 0 Å². The summed E-state index contributed by atoms with van der Waals surface area (Å²) in [6.07, 6.45) is 9.13. The van der Waals surface area contributed by atoms with Gasteiger partial charge in [0.15, 0.2) is 0 Å². The van der Waals surface area contributed by atoms with Crippen LogP contribution in [0.3, 0.4) is 0 Å². The summed E-state index contributed by atoms with van der Waals surface area (Å²) < 4.78 is 0. The zero-order valence-corrected chi connectivity index (χ0v) is 6.56. The Labute approximate surface area is 63.2 Å². The quantitative estimate of drug-likeness (QED) is 0.580. The van der Waals surface area contributed by atoms with Gasteiger partial charge in [-0.15, -0.1) is 6.42 Å². The topological polar surface area (TPSA) is 12.0 Å². The fourth-order valence-corrected chi connectivity index (χ4v) is 1.52. The molecule has 0 heterocycles. The van der Waals surface area contributed by atoms with Crippen molar-refractivity contribution in [2.45, 2.75) is 32.2 Å². The lowest BCUT2D eigenvalue weighted by Gasteiger charge is -2.36. The molecule has 1 rings (SSSR count). The first kappa shape index (κ1) is 7.63. The van der Waals surface area contributed by atoms with E-state index in [0.29, 0.717) is 0 Å². The van der Waals surface area contributed by atoms with Crippen molar-refractivity contribution in [3.8, 4) is 12.3 Å². The zero-order chi connectivity index (χ0) is 7.40. The van der Waals surface area contributed by atoms with Crippen LogP contribution in [0.15, 0.2) is 0 Å². The predicted octanol–water partition coefficient (Wildman–Crippen LogP) is 1.40. The fourth-order valence-electron chi connectivity index (χ4n) is 1.52. The van der Waals surface area contributed by atoms with E-state index in [1.54, 1.807) is 0 Å². The highest BCUT2D eigenvalue weighted by molar-refractivity contribution is 4.92. The molecule has 0 amide bonds. The van der Waals surface area contributed by atoms with Crippen LogP contribution in [-0.2, 0) is 0 Å². The van der Waals surface area contributed by atoms with Crippen LogP contribution in [0.2, 0.25) is 0 Å². The molecule has 1 N–H and O–H groups in total. The van der Waals surface area contributed by atoms with E-state index in [-0.39, 0.29) is 0 Å². The second kappa shape index (κ2) is 3.63. The molecule has 1 heteroatoms. The van der Waals surface area contributed by atoms with Crippen molar-refractivity contribution < 1.29 is 0 Å². The van der Waals surface area contributed by atoms with Crippen LogP contribution >= 0.6 is 0 Å². The Morgan fingerprint density at radius 2 is 2.40 bits per heavy atom. The van der Waals surface area contributed by atoms with Crippen molar-refractivity contribution in [1.82, 2.24) is 5.32 Å². The van der Waals surface area contributed by atoms with Gasteiger partial charge >= 0.3 is 0 Å². The third kappa shape index (κ3) is 1.52. The SMILES string of the molecule is C#CCNC1CCC1CC. The highest BCUT2D eigenvalue weighted by Gasteiger charge is 2.27. The van der Waals surface area contributed by atoms with Crippen molar-refractivity contribution >= 4 is 0 Å². The fraction of sp³-hybridized carbons (Fsp3) is 0.778. The molecule has 1 nitrogen and oxygen atoms in total. The van der Waals surface area contributed by atoms with Gasteiger partial charge in [0.25, 0.3) is 0 Å². The molecule has 2 unspecified atom stereocenters. The van der Waals surface area contributed by atoms with Gasteiger partial charge in [0.05, 0.1) is 6.54 Å². The third-order valence-electron chi connectivity index (χ3n) is 2.41. The first-order valence-electron chi connectivity index (χ1n) is 4.05. The maximum absolute atomic E-state index is 5.13. The standard InChI is InChI=1S/C9H15N/c1-3-7-10-9-6-5-8(9)4-2/h1,8-10H,4-7H2,2H3. The monoisotopic (exact) mass is 137 g/mol. The van der Waals surface area contributed by atoms with Crippen LogP contribution in [0.4, 0.5) is 0 Å². The first-order chi connectivity index (χ1) is 4.88. The predicted molar refractivity (Wildman–Crippen MR) is 43.6 cm³/mol. The number of hydrogen-bond donors (Lipinski definition) is 1. The van der Waals surface area contributed by atoms with Gasteiger partial charge in [0.2, 0.25) is 0 Å². The summed E-state index contributed by atoms with van der Waals surface area (Å²) in [6.45, 7) is 2.98. The van der Waals surface area contributed by atoms with Gasteiger partial charge < -0.3 is 5.32 Å². The van der Waals surface area contributed by atoms with Crippen LogP contribution in [0.25, 0.3) is 0 Å². The number of terminal acetylenes is 1. The summed E-state index contributed by atoms with van der Waals surface area (Å²) in [5, 5.41) is 3.33. The minimum absolute atomic E-state index is 0.723. The Morgan fingerprint density at radius 1 is 1.60 bits per heavy atom. The van der Waals surface area contributed by atoms with Gasteiger partial charge in [-0.25, -0.2) is 0 Å². The van der Waals surface area contributed by atoms with E-state index in [0.717, 1.165) is 18.5 Å². The highest BCUT2D eigenvalue weighted by atomic mass is 14.9. The molecule has 2 atom stereocenters. The molecule has 10 heavy (non-hydrogen) atoms. The molecule has 0 aliphatic heterocycles. The summed E-state index contributed by atoms with van der Waals surface area (Å²) in [4.78, 5) is 0. The Morgan fingerprint density at radius 3 is 2.80 bits per heavy atom. The molecule has 0 aromatic carbocycles. The lowest BCUT2D eigenvalue weighted by molar-refractivity contribution is 0.210. The molecule has 0 spiro atoms. The van der Waals surface area contributed by atoms with E-state index < -0.39 is 0 Å². The van der Waals surface area contributed by atoms with Crippen LogP contribution in [-0.4, -0.2) is 12.6 Å². The highest BCUT2D eigenvalue weighted by Crippen LogP contribution is 2.29. The van der Waals surface area contributed by atoms with E-state index in [1.165, 1.54) is 19.3 Å². The molecule has 0 radical (unpaired) electrons. The molecule has 0 aromatic rings. The summed E-state index contributed by atoms with van der Waals surface area (Å²) in [5.41, 5.74) is 0. The number of rotatable bonds is 3. The van der Waals surface area contributed by atoms with Crippen molar-refractivity contribution in [2.75, 3.05) is 6.54 Å². The van der Waals surface area contributed by atoms with Gasteiger partial charge in [-0.05, 0) is 18.8 Å². The van der Waals surface area contributed by atoms with Gasteiger partial charge in [0, 0.05) is 6.04 Å². The Bertz CT molecular complexity index is 132. The largest absolute Gasteiger partial charge is 0.303 e. The van der Waals surface area contributed by atoms with E-state index in [9.17, 15) is 0 Å². The normalized spacial score (nSPS) is 30.8. The van der Waals surface area contributed by atoms with Crippen LogP contribution in [0.1, 0.15) is 26.2 Å². The maximum Gasteiger partial charge on any atom is 0.0576 e. The van der Waals surface area contributed by atoms with E-state index in [1.807, 2.05) is 0 Å². The average Bonchev–Trinajstić information content (AvgIpc) is 1.88. The Hall–Kier alpha value is -0.480. The Balaban J connectivity index is 2.12. The van der Waals surface area contributed by atoms with Gasteiger partial charge in [0.1, 0.15) is 0 Å². The molecule has 0 bridgehead atoms. The minimum Gasteiger partial charge on any atom is -0.303 e. The van der Waals surface area contributed by atoms with Crippen molar-refractivity contribution in [2.24, 2.45) is 5.92 Å². The van der Waals surface area contributed by atoms with Crippen LogP contribution in [0, 0.1) is 18.3 Å². The molecular weight excluding hydrogens is 122 g/mol. The lowest BCUT2D eigenvalue weighted by atomic mass is 9.78. The van der Waals surface area contributed by atoms with Crippen molar-refractivity contribution in [3.63, 3.8) is 0 Å². The average molecular weight is 137 g/mol. The van der Waals surface area contributed by atoms with Crippen LogP contribution < -0.4 is 5.32 Å². The molecule has 1 saturated carbocycles. The molecule has 1 aliphatic rings. The van der Waals surface area contributed by atoms with Gasteiger partial charge in [-0.1, -0.05) is 19.3 Å². The summed E-state index contributed by atoms with van der Waals surface area (Å²) >= 11 is 0. The molecule has 1 aliphatic carbocycles. The smallest absolute Gasteiger partial charge is 0.0576 e. The molecular formula is C9H15N. The first-order valence-corrected chi connectivity index (χ1v) is 4.05. The van der Waals surface area contributed by atoms with Gasteiger partial charge in [-0.3, -0.25) is 0 Å². The molecule has 56 valence electrons. The maximum atomic E-state index is 5.13. The molecule has 0 saturated heterocycles. The molecule has 0 aromatic heterocycles. The Kier molecular flexibility index (Phi) is 2.77. The second-order valence-corrected chi connectivity index (χ2v) is 2.94. The zero-order valence-electron chi connectivity index (χ0n) is 6.56. The van der Waals surface area contributed by atoms with Crippen molar-refractivity contribution in [1.29, 1.82) is 0 Å². The minimum atomic E-state index is 0.723. The summed E-state index contributed by atoms with van der Waals surface area (Å²) in [7, 11) is 0. The molecule has 1 fully saturated rings. The van der Waals surface area contributed by atoms with Gasteiger partial charge in [-0.2, -0.15) is 0 Å². The number of nitrogens with one attached hydrogen (secondary N) is 1. The summed E-state index contributed by atoms with van der Waals surface area (Å²) in [5.74, 6) is 3.50. The lowest BCUT2D eigenvalue weighted by Crippen LogP contribution is -2.43. The third-order valence-corrected chi connectivity index (χ3v) is 2.41. The van der Waals surface area contributed by atoms with Crippen LogP contribution in [0.5, 0.6) is 0 Å². The van der Waals surface area contributed by atoms with E-state index in [2.05, 4.69) is 18.2 Å². The summed E-state index contributed by atoms with van der Waals surface area (Å²) in [6, 6.07) is 0.723. The van der Waals surface area contributed by atoms with E-state index in [4.69, 9.17) is 6.42 Å².